The van der Waals surface area contributed by atoms with Gasteiger partial charge in [-0.15, -0.1) is 0 Å². The van der Waals surface area contributed by atoms with E-state index in [2.05, 4.69) is 38.8 Å². The van der Waals surface area contributed by atoms with Crippen molar-refractivity contribution in [2.24, 2.45) is 5.41 Å². The van der Waals surface area contributed by atoms with E-state index in [9.17, 15) is 0 Å². The minimum Gasteiger partial charge on any atom is -0.379 e. The molecule has 1 atom stereocenters. The molecule has 14 heavy (non-hydrogen) atoms. The minimum atomic E-state index is 0.220. The van der Waals surface area contributed by atoms with Gasteiger partial charge in [0.1, 0.15) is 0 Å². The van der Waals surface area contributed by atoms with Crippen LogP contribution in [-0.2, 0) is 4.74 Å². The van der Waals surface area contributed by atoms with Crippen molar-refractivity contribution < 1.29 is 4.74 Å². The Kier molecular flexibility index (Phi) is 2.24. The average Bonchev–Trinajstić information content (AvgIpc) is 2.62. The summed E-state index contributed by atoms with van der Waals surface area (Å²) in [6.07, 6.45) is 3.56. The fraction of sp³-hybridized carbons (Fsp3) is 0.833. The highest BCUT2D eigenvalue weighted by molar-refractivity contribution is 5.32. The van der Waals surface area contributed by atoms with Gasteiger partial charge in [0, 0.05) is 13.2 Å². The number of hydrogen-bond donors (Lipinski definition) is 0. The van der Waals surface area contributed by atoms with E-state index in [0.717, 1.165) is 26.2 Å². The summed E-state index contributed by atoms with van der Waals surface area (Å²) >= 11 is 0. The topological polar surface area (TPSA) is 12.5 Å². The summed E-state index contributed by atoms with van der Waals surface area (Å²) in [7, 11) is 2.21. The molecule has 0 aromatic heterocycles. The zero-order valence-corrected chi connectivity index (χ0v) is 9.76. The molecule has 0 saturated carbocycles. The second kappa shape index (κ2) is 3.07. The van der Waals surface area contributed by atoms with Crippen molar-refractivity contribution >= 4 is 0 Å². The summed E-state index contributed by atoms with van der Waals surface area (Å²) in [6.45, 7) is 9.79. The van der Waals surface area contributed by atoms with Crippen molar-refractivity contribution in [2.45, 2.75) is 32.7 Å². The number of ether oxygens (including phenoxy) is 1. The van der Waals surface area contributed by atoms with E-state index < -0.39 is 0 Å². The Morgan fingerprint density at radius 2 is 2.14 bits per heavy atom. The van der Waals surface area contributed by atoms with E-state index in [4.69, 9.17) is 4.74 Å². The highest BCUT2D eigenvalue weighted by Crippen LogP contribution is 2.45. The molecule has 2 nitrogen and oxygen atoms in total. The minimum absolute atomic E-state index is 0.220. The van der Waals surface area contributed by atoms with E-state index in [1.807, 2.05) is 0 Å². The Morgan fingerprint density at radius 3 is 2.64 bits per heavy atom. The smallest absolute Gasteiger partial charge is 0.0690 e. The molecular weight excluding hydrogens is 174 g/mol. The molecule has 0 aromatic carbocycles. The molecular formula is C12H21NO. The quantitative estimate of drug-likeness (QED) is 0.549. The third kappa shape index (κ3) is 1.32. The molecule has 2 aliphatic rings. The molecule has 80 valence electrons. The Morgan fingerprint density at radius 1 is 1.43 bits per heavy atom. The Hall–Kier alpha value is -0.340. The normalized spacial score (nSPS) is 34.1. The largest absolute Gasteiger partial charge is 0.379 e. The van der Waals surface area contributed by atoms with Gasteiger partial charge in [-0.05, 0) is 24.5 Å². The Bertz CT molecular complexity index is 256. The molecule has 0 N–H and O–H groups in total. The zero-order chi connectivity index (χ0) is 10.4. The van der Waals surface area contributed by atoms with Gasteiger partial charge in [-0.1, -0.05) is 26.8 Å². The summed E-state index contributed by atoms with van der Waals surface area (Å²) in [4.78, 5) is 2.45. The third-order valence-corrected chi connectivity index (χ3v) is 3.61. The van der Waals surface area contributed by atoms with Crippen molar-refractivity contribution in [1.29, 1.82) is 0 Å². The van der Waals surface area contributed by atoms with Crippen LogP contribution in [0.25, 0.3) is 0 Å². The van der Waals surface area contributed by atoms with Gasteiger partial charge in [-0.25, -0.2) is 0 Å². The lowest BCUT2D eigenvalue weighted by Crippen LogP contribution is -2.47. The highest BCUT2D eigenvalue weighted by atomic mass is 16.5. The first-order chi connectivity index (χ1) is 6.47. The lowest BCUT2D eigenvalue weighted by Gasteiger charge is -2.39. The molecule has 0 amide bonds. The van der Waals surface area contributed by atoms with Gasteiger partial charge in [-0.2, -0.15) is 0 Å². The summed E-state index contributed by atoms with van der Waals surface area (Å²) in [5, 5.41) is 0. The predicted molar refractivity (Wildman–Crippen MR) is 58.3 cm³/mol. The number of hydrogen-bond acceptors (Lipinski definition) is 2. The van der Waals surface area contributed by atoms with Crippen LogP contribution >= 0.6 is 0 Å². The zero-order valence-electron chi connectivity index (χ0n) is 9.76. The molecule has 0 aromatic rings. The highest BCUT2D eigenvalue weighted by Gasteiger charge is 2.48. The first kappa shape index (κ1) is 10.2. The maximum Gasteiger partial charge on any atom is 0.0690 e. The monoisotopic (exact) mass is 195 g/mol. The molecule has 0 aliphatic carbocycles. The summed E-state index contributed by atoms with van der Waals surface area (Å²) in [5.74, 6) is 0. The summed E-state index contributed by atoms with van der Waals surface area (Å²) in [5.41, 5.74) is 2.07. The Labute approximate surface area is 86.9 Å². The van der Waals surface area contributed by atoms with Crippen molar-refractivity contribution in [2.75, 3.05) is 26.8 Å². The van der Waals surface area contributed by atoms with Gasteiger partial charge in [0.25, 0.3) is 0 Å². The van der Waals surface area contributed by atoms with E-state index in [-0.39, 0.29) is 11.0 Å². The van der Waals surface area contributed by atoms with Crippen molar-refractivity contribution in [3.63, 3.8) is 0 Å². The van der Waals surface area contributed by atoms with E-state index in [1.54, 1.807) is 5.57 Å². The van der Waals surface area contributed by atoms with E-state index >= 15 is 0 Å². The van der Waals surface area contributed by atoms with Crippen LogP contribution in [0, 0.1) is 5.41 Å². The van der Waals surface area contributed by atoms with Gasteiger partial charge in [0.05, 0.1) is 12.1 Å². The molecule has 2 aliphatic heterocycles. The van der Waals surface area contributed by atoms with Crippen LogP contribution in [-0.4, -0.2) is 37.2 Å². The van der Waals surface area contributed by atoms with Crippen LogP contribution < -0.4 is 0 Å². The molecule has 2 heteroatoms. The molecule has 1 saturated heterocycles. The number of nitrogens with zero attached hydrogens (tertiary/aromatic N) is 1. The first-order valence-electron chi connectivity index (χ1n) is 5.47. The molecule has 2 heterocycles. The van der Waals surface area contributed by atoms with Crippen LogP contribution in [0.5, 0.6) is 0 Å². The van der Waals surface area contributed by atoms with Crippen molar-refractivity contribution in [3.8, 4) is 0 Å². The summed E-state index contributed by atoms with van der Waals surface area (Å²) in [6, 6.07) is 0. The van der Waals surface area contributed by atoms with Gasteiger partial charge in [-0.3, -0.25) is 4.90 Å². The molecule has 0 bridgehead atoms. The number of rotatable bonds is 0. The van der Waals surface area contributed by atoms with E-state index in [0.29, 0.717) is 0 Å². The molecule has 0 radical (unpaired) electrons. The van der Waals surface area contributed by atoms with Crippen LogP contribution in [0.4, 0.5) is 0 Å². The van der Waals surface area contributed by atoms with Gasteiger partial charge < -0.3 is 4.74 Å². The van der Waals surface area contributed by atoms with Crippen molar-refractivity contribution in [1.82, 2.24) is 4.90 Å². The lowest BCUT2D eigenvalue weighted by molar-refractivity contribution is 0.122. The summed E-state index contributed by atoms with van der Waals surface area (Å²) < 4.78 is 5.60. The first-order valence-corrected chi connectivity index (χ1v) is 5.47. The SMILES string of the molecule is CN1CC=C(C(C)(C)C)C12CCOC2. The Balaban J connectivity index is 2.33. The fourth-order valence-electron chi connectivity index (χ4n) is 2.87. The third-order valence-electron chi connectivity index (χ3n) is 3.61. The van der Waals surface area contributed by atoms with Crippen LogP contribution in [0.15, 0.2) is 11.6 Å². The molecule has 1 spiro atoms. The van der Waals surface area contributed by atoms with Crippen LogP contribution in [0.3, 0.4) is 0 Å². The van der Waals surface area contributed by atoms with E-state index in [1.165, 1.54) is 0 Å². The maximum absolute atomic E-state index is 5.60. The average molecular weight is 195 g/mol. The van der Waals surface area contributed by atoms with Gasteiger partial charge in [0.2, 0.25) is 0 Å². The van der Waals surface area contributed by atoms with Crippen molar-refractivity contribution in [3.05, 3.63) is 11.6 Å². The second-order valence-electron chi connectivity index (χ2n) is 5.58. The molecule has 1 unspecified atom stereocenters. The standard InChI is InChI=1S/C12H21NO/c1-11(2,3)10-5-7-13(4)12(10)6-8-14-9-12/h5H,6-9H2,1-4H3. The lowest BCUT2D eigenvalue weighted by atomic mass is 9.74. The fourth-order valence-corrected chi connectivity index (χ4v) is 2.87. The predicted octanol–water partition coefficient (Wildman–Crippen LogP) is 2.06. The van der Waals surface area contributed by atoms with Crippen LogP contribution in [0.2, 0.25) is 0 Å². The van der Waals surface area contributed by atoms with Gasteiger partial charge >= 0.3 is 0 Å². The van der Waals surface area contributed by atoms with Gasteiger partial charge in [0.15, 0.2) is 0 Å². The second-order valence-corrected chi connectivity index (χ2v) is 5.58. The van der Waals surface area contributed by atoms with Crippen LogP contribution in [0.1, 0.15) is 27.2 Å². The number of likely N-dealkylation sites (N-methyl/N-ethyl adjacent to an activating group) is 1. The molecule has 1 fully saturated rings. The molecule has 2 rings (SSSR count). The maximum atomic E-state index is 5.60.